The fraction of sp³-hybridized carbons (Fsp3) is 0.412. The fourth-order valence-corrected chi connectivity index (χ4v) is 3.38. The molecule has 1 N–H and O–H groups in total. The van der Waals surface area contributed by atoms with E-state index in [1.807, 2.05) is 0 Å². The molecule has 3 heteroatoms. The number of thiophene rings is 1. The van der Waals surface area contributed by atoms with Crippen LogP contribution in [0.5, 0.6) is 5.75 Å². The van der Waals surface area contributed by atoms with Gasteiger partial charge in [-0.3, -0.25) is 0 Å². The van der Waals surface area contributed by atoms with Crippen molar-refractivity contribution in [2.45, 2.75) is 38.8 Å². The van der Waals surface area contributed by atoms with Crippen molar-refractivity contribution >= 4 is 11.3 Å². The van der Waals surface area contributed by atoms with E-state index in [1.54, 1.807) is 11.3 Å². The largest absolute Gasteiger partial charge is 0.487 e. The van der Waals surface area contributed by atoms with Crippen LogP contribution in [0.3, 0.4) is 0 Å². The van der Waals surface area contributed by atoms with E-state index in [0.29, 0.717) is 0 Å². The Balaban J connectivity index is 1.52. The molecular formula is C17H21NOS. The highest BCUT2D eigenvalue weighted by atomic mass is 32.1. The summed E-state index contributed by atoms with van der Waals surface area (Å²) in [5.74, 6) is 1.05. The first-order valence-electron chi connectivity index (χ1n) is 7.15. The van der Waals surface area contributed by atoms with Gasteiger partial charge in [0.1, 0.15) is 11.4 Å². The molecule has 0 fully saturated rings. The maximum Gasteiger partial charge on any atom is 0.123 e. The van der Waals surface area contributed by atoms with Gasteiger partial charge >= 0.3 is 0 Å². The molecule has 3 rings (SSSR count). The molecule has 0 radical (unpaired) electrons. The highest BCUT2D eigenvalue weighted by Gasteiger charge is 2.29. The summed E-state index contributed by atoms with van der Waals surface area (Å²) in [7, 11) is 0. The molecule has 0 unspecified atom stereocenters. The van der Waals surface area contributed by atoms with Gasteiger partial charge in [-0.2, -0.15) is 11.3 Å². The molecule has 0 bridgehead atoms. The smallest absolute Gasteiger partial charge is 0.123 e. The molecule has 2 heterocycles. The molecule has 1 aromatic carbocycles. The van der Waals surface area contributed by atoms with E-state index >= 15 is 0 Å². The second-order valence-electron chi connectivity index (χ2n) is 6.04. The van der Waals surface area contributed by atoms with E-state index in [4.69, 9.17) is 4.74 Å². The monoisotopic (exact) mass is 287 g/mol. The molecule has 2 nitrogen and oxygen atoms in total. The maximum absolute atomic E-state index is 5.90. The fourth-order valence-electron chi connectivity index (χ4n) is 2.67. The second-order valence-corrected chi connectivity index (χ2v) is 6.82. The van der Waals surface area contributed by atoms with Crippen molar-refractivity contribution in [3.05, 3.63) is 51.7 Å². The van der Waals surface area contributed by atoms with Gasteiger partial charge in [0.15, 0.2) is 0 Å². The van der Waals surface area contributed by atoms with Crippen LogP contribution in [0.15, 0.2) is 35.0 Å². The summed E-state index contributed by atoms with van der Waals surface area (Å²) < 4.78 is 5.90. The summed E-state index contributed by atoms with van der Waals surface area (Å²) in [5, 5.41) is 7.87. The van der Waals surface area contributed by atoms with E-state index in [9.17, 15) is 0 Å². The Morgan fingerprint density at radius 1 is 1.25 bits per heavy atom. The van der Waals surface area contributed by atoms with Gasteiger partial charge in [-0.05, 0) is 66.4 Å². The highest BCUT2D eigenvalue weighted by Crippen LogP contribution is 2.35. The molecule has 0 aliphatic carbocycles. The minimum atomic E-state index is -0.0483. The van der Waals surface area contributed by atoms with Crippen LogP contribution in [0.2, 0.25) is 0 Å². The summed E-state index contributed by atoms with van der Waals surface area (Å²) in [4.78, 5) is 0. The SMILES string of the molecule is CC1(C)Cc2cc(CNCCc3ccsc3)ccc2O1. The van der Waals surface area contributed by atoms with E-state index in [1.165, 1.54) is 16.7 Å². The molecule has 1 aromatic heterocycles. The van der Waals surface area contributed by atoms with Crippen molar-refractivity contribution in [1.29, 1.82) is 0 Å². The van der Waals surface area contributed by atoms with Gasteiger partial charge in [0.2, 0.25) is 0 Å². The van der Waals surface area contributed by atoms with Gasteiger partial charge in [-0.15, -0.1) is 0 Å². The Morgan fingerprint density at radius 3 is 2.95 bits per heavy atom. The first-order chi connectivity index (χ1) is 9.62. The first kappa shape index (κ1) is 13.7. The number of hydrogen-bond donors (Lipinski definition) is 1. The zero-order valence-electron chi connectivity index (χ0n) is 12.1. The molecule has 1 aliphatic heterocycles. The summed E-state index contributed by atoms with van der Waals surface area (Å²) in [5.41, 5.74) is 4.06. The summed E-state index contributed by atoms with van der Waals surface area (Å²) in [6.45, 7) is 6.24. The van der Waals surface area contributed by atoms with Crippen molar-refractivity contribution in [3.63, 3.8) is 0 Å². The van der Waals surface area contributed by atoms with Gasteiger partial charge in [0, 0.05) is 13.0 Å². The number of ether oxygens (including phenoxy) is 1. The maximum atomic E-state index is 5.90. The Hall–Kier alpha value is -1.32. The van der Waals surface area contributed by atoms with Gasteiger partial charge in [0.05, 0.1) is 0 Å². The molecule has 0 saturated carbocycles. The predicted molar refractivity (Wildman–Crippen MR) is 84.6 cm³/mol. The third kappa shape index (κ3) is 3.22. The molecule has 0 amide bonds. The molecule has 2 aromatic rings. The lowest BCUT2D eigenvalue weighted by Crippen LogP contribution is -2.24. The zero-order valence-corrected chi connectivity index (χ0v) is 12.9. The van der Waals surface area contributed by atoms with E-state index in [0.717, 1.165) is 31.7 Å². The lowest BCUT2D eigenvalue weighted by Gasteiger charge is -2.16. The van der Waals surface area contributed by atoms with Crippen molar-refractivity contribution < 1.29 is 4.74 Å². The molecule has 0 atom stereocenters. The molecule has 20 heavy (non-hydrogen) atoms. The van der Waals surface area contributed by atoms with Crippen LogP contribution in [-0.2, 0) is 19.4 Å². The normalized spacial score (nSPS) is 15.9. The van der Waals surface area contributed by atoms with Crippen LogP contribution in [-0.4, -0.2) is 12.1 Å². The summed E-state index contributed by atoms with van der Waals surface area (Å²) in [6.07, 6.45) is 2.11. The van der Waals surface area contributed by atoms with Gasteiger partial charge in [-0.25, -0.2) is 0 Å². The van der Waals surface area contributed by atoms with Crippen molar-refractivity contribution in [2.24, 2.45) is 0 Å². The highest BCUT2D eigenvalue weighted by molar-refractivity contribution is 7.07. The lowest BCUT2D eigenvalue weighted by molar-refractivity contribution is 0.138. The lowest BCUT2D eigenvalue weighted by atomic mass is 10.0. The van der Waals surface area contributed by atoms with Crippen LogP contribution in [0.1, 0.15) is 30.5 Å². The van der Waals surface area contributed by atoms with Crippen LogP contribution in [0, 0.1) is 0 Å². The molecule has 106 valence electrons. The average molecular weight is 287 g/mol. The number of hydrogen-bond acceptors (Lipinski definition) is 3. The molecule has 1 aliphatic rings. The van der Waals surface area contributed by atoms with Gasteiger partial charge in [0.25, 0.3) is 0 Å². The van der Waals surface area contributed by atoms with E-state index in [2.05, 4.69) is 54.2 Å². The zero-order chi connectivity index (χ0) is 14.0. The number of benzene rings is 1. The minimum Gasteiger partial charge on any atom is -0.487 e. The third-order valence-corrected chi connectivity index (χ3v) is 4.36. The van der Waals surface area contributed by atoms with Crippen LogP contribution >= 0.6 is 11.3 Å². The Morgan fingerprint density at radius 2 is 2.15 bits per heavy atom. The van der Waals surface area contributed by atoms with Crippen molar-refractivity contribution in [1.82, 2.24) is 5.32 Å². The minimum absolute atomic E-state index is 0.0483. The predicted octanol–water partition coefficient (Wildman–Crippen LogP) is 3.79. The van der Waals surface area contributed by atoms with Crippen molar-refractivity contribution in [2.75, 3.05) is 6.54 Å². The van der Waals surface area contributed by atoms with E-state index in [-0.39, 0.29) is 5.60 Å². The summed E-state index contributed by atoms with van der Waals surface area (Å²) >= 11 is 1.77. The quantitative estimate of drug-likeness (QED) is 0.845. The van der Waals surface area contributed by atoms with Gasteiger partial charge in [-0.1, -0.05) is 12.1 Å². The van der Waals surface area contributed by atoms with E-state index < -0.39 is 0 Å². The number of rotatable bonds is 5. The summed E-state index contributed by atoms with van der Waals surface area (Å²) in [6, 6.07) is 8.75. The third-order valence-electron chi connectivity index (χ3n) is 3.63. The first-order valence-corrected chi connectivity index (χ1v) is 8.09. The Bertz CT molecular complexity index is 575. The average Bonchev–Trinajstić information content (AvgIpc) is 2.99. The number of nitrogens with one attached hydrogen (secondary N) is 1. The molecule has 0 saturated heterocycles. The number of fused-ring (bicyclic) bond motifs is 1. The standard InChI is InChI=1S/C17H21NOS/c1-17(2)10-15-9-14(3-4-16(15)19-17)11-18-7-5-13-6-8-20-12-13/h3-4,6,8-9,12,18H,5,7,10-11H2,1-2H3. The van der Waals surface area contributed by atoms with Crippen LogP contribution < -0.4 is 10.1 Å². The topological polar surface area (TPSA) is 21.3 Å². The van der Waals surface area contributed by atoms with Gasteiger partial charge < -0.3 is 10.1 Å². The Kier molecular flexibility index (Phi) is 3.81. The van der Waals surface area contributed by atoms with Crippen molar-refractivity contribution in [3.8, 4) is 5.75 Å². The molecular weight excluding hydrogens is 266 g/mol. The molecule has 0 spiro atoms. The Labute approximate surface area is 124 Å². The van der Waals surface area contributed by atoms with Crippen LogP contribution in [0.25, 0.3) is 0 Å². The van der Waals surface area contributed by atoms with Crippen LogP contribution in [0.4, 0.5) is 0 Å². The second kappa shape index (κ2) is 5.58.